The van der Waals surface area contributed by atoms with Gasteiger partial charge in [0.15, 0.2) is 0 Å². The SMILES string of the molecule is COCCNS(=O)(=O)NC[C@H](N)C(=O)O. The first-order valence-corrected chi connectivity index (χ1v) is 5.59. The maximum absolute atomic E-state index is 11.1. The first-order valence-electron chi connectivity index (χ1n) is 4.10. The first-order chi connectivity index (χ1) is 6.89. The number of nitrogens with one attached hydrogen (secondary N) is 2. The largest absolute Gasteiger partial charge is 0.480 e. The summed E-state index contributed by atoms with van der Waals surface area (Å²) in [5.74, 6) is -1.27. The number of rotatable bonds is 8. The molecule has 0 rings (SSSR count). The van der Waals surface area contributed by atoms with Crippen LogP contribution >= 0.6 is 0 Å². The van der Waals surface area contributed by atoms with Gasteiger partial charge < -0.3 is 15.6 Å². The average molecular weight is 241 g/mol. The minimum atomic E-state index is -3.71. The third kappa shape index (κ3) is 7.22. The van der Waals surface area contributed by atoms with Crippen molar-refractivity contribution in [3.8, 4) is 0 Å². The summed E-state index contributed by atoms with van der Waals surface area (Å²) in [7, 11) is -2.27. The normalized spacial score (nSPS) is 13.7. The van der Waals surface area contributed by atoms with E-state index < -0.39 is 22.2 Å². The summed E-state index contributed by atoms with van der Waals surface area (Å²) < 4.78 is 31.0. The summed E-state index contributed by atoms with van der Waals surface area (Å²) in [5.41, 5.74) is 5.10. The second kappa shape index (κ2) is 6.69. The van der Waals surface area contributed by atoms with Crippen LogP contribution in [0.5, 0.6) is 0 Å². The van der Waals surface area contributed by atoms with Crippen molar-refractivity contribution in [2.45, 2.75) is 6.04 Å². The molecule has 0 saturated carbocycles. The van der Waals surface area contributed by atoms with Gasteiger partial charge in [0.05, 0.1) is 6.61 Å². The molecule has 15 heavy (non-hydrogen) atoms. The molecule has 0 fully saturated rings. The quantitative estimate of drug-likeness (QED) is 0.346. The Labute approximate surface area is 88.0 Å². The van der Waals surface area contributed by atoms with Gasteiger partial charge in [0, 0.05) is 20.2 Å². The van der Waals surface area contributed by atoms with Gasteiger partial charge in [-0.05, 0) is 0 Å². The molecule has 9 heteroatoms. The molecular formula is C6H15N3O5S. The molecule has 1 atom stereocenters. The summed E-state index contributed by atoms with van der Waals surface area (Å²) in [6.45, 7) is -0.0301. The topological polar surface area (TPSA) is 131 Å². The molecule has 0 bridgehead atoms. The van der Waals surface area contributed by atoms with Gasteiger partial charge in [-0.15, -0.1) is 0 Å². The summed E-state index contributed by atoms with van der Waals surface area (Å²) in [4.78, 5) is 10.3. The van der Waals surface area contributed by atoms with Crippen molar-refractivity contribution in [2.75, 3.05) is 26.8 Å². The Balaban J connectivity index is 3.89. The molecule has 0 aromatic carbocycles. The Kier molecular flexibility index (Phi) is 6.36. The van der Waals surface area contributed by atoms with Crippen LogP contribution < -0.4 is 15.2 Å². The van der Waals surface area contributed by atoms with E-state index in [1.165, 1.54) is 7.11 Å². The molecule has 0 aliphatic rings. The van der Waals surface area contributed by atoms with Crippen LogP contribution in [0.25, 0.3) is 0 Å². The van der Waals surface area contributed by atoms with Crippen LogP contribution in [0.4, 0.5) is 0 Å². The third-order valence-electron chi connectivity index (χ3n) is 1.41. The summed E-state index contributed by atoms with van der Waals surface area (Å²) >= 11 is 0. The van der Waals surface area contributed by atoms with Gasteiger partial charge in [0.2, 0.25) is 0 Å². The lowest BCUT2D eigenvalue weighted by molar-refractivity contribution is -0.138. The predicted octanol–water partition coefficient (Wildman–Crippen LogP) is -2.53. The van der Waals surface area contributed by atoms with Gasteiger partial charge in [-0.2, -0.15) is 13.1 Å². The van der Waals surface area contributed by atoms with Gasteiger partial charge in [-0.3, -0.25) is 4.79 Å². The van der Waals surface area contributed by atoms with Crippen molar-refractivity contribution < 1.29 is 23.1 Å². The second-order valence-electron chi connectivity index (χ2n) is 2.68. The van der Waals surface area contributed by atoms with Crippen molar-refractivity contribution in [3.63, 3.8) is 0 Å². The Hall–Kier alpha value is -0.740. The van der Waals surface area contributed by atoms with Crippen LogP contribution in [-0.4, -0.2) is 52.3 Å². The van der Waals surface area contributed by atoms with Crippen molar-refractivity contribution in [3.05, 3.63) is 0 Å². The van der Waals surface area contributed by atoms with Gasteiger partial charge >= 0.3 is 5.97 Å². The van der Waals surface area contributed by atoms with Gasteiger partial charge in [0.1, 0.15) is 6.04 Å². The number of ether oxygens (including phenoxy) is 1. The first kappa shape index (κ1) is 14.3. The van der Waals surface area contributed by atoms with E-state index >= 15 is 0 Å². The Bertz CT molecular complexity index is 291. The fourth-order valence-electron chi connectivity index (χ4n) is 0.616. The molecule has 0 amide bonds. The number of nitrogens with two attached hydrogens (primary N) is 1. The van der Waals surface area contributed by atoms with Crippen LogP contribution in [0.1, 0.15) is 0 Å². The molecule has 0 saturated heterocycles. The van der Waals surface area contributed by atoms with Crippen LogP contribution in [-0.2, 0) is 19.7 Å². The minimum absolute atomic E-state index is 0.105. The average Bonchev–Trinajstić information content (AvgIpc) is 2.14. The number of aliphatic carboxylic acids is 1. The second-order valence-corrected chi connectivity index (χ2v) is 4.27. The number of carboxylic acid groups (broad SMARTS) is 1. The van der Waals surface area contributed by atoms with E-state index in [0.29, 0.717) is 0 Å². The number of carboxylic acids is 1. The van der Waals surface area contributed by atoms with E-state index in [2.05, 4.69) is 9.46 Å². The van der Waals surface area contributed by atoms with Gasteiger partial charge in [-0.25, -0.2) is 4.72 Å². The molecule has 5 N–H and O–H groups in total. The van der Waals surface area contributed by atoms with E-state index in [1.54, 1.807) is 0 Å². The molecule has 8 nitrogen and oxygen atoms in total. The molecule has 0 heterocycles. The van der Waals surface area contributed by atoms with Gasteiger partial charge in [0.25, 0.3) is 10.2 Å². The zero-order valence-electron chi connectivity index (χ0n) is 8.26. The summed E-state index contributed by atoms with van der Waals surface area (Å²) in [5, 5.41) is 8.39. The molecule has 0 aromatic rings. The monoisotopic (exact) mass is 241 g/mol. The van der Waals surface area contributed by atoms with E-state index in [0.717, 1.165) is 0 Å². The molecule has 0 unspecified atom stereocenters. The molecule has 0 radical (unpaired) electrons. The lowest BCUT2D eigenvalue weighted by atomic mass is 10.3. The number of hydrogen-bond acceptors (Lipinski definition) is 5. The lowest BCUT2D eigenvalue weighted by Gasteiger charge is -2.09. The predicted molar refractivity (Wildman–Crippen MR) is 52.4 cm³/mol. The highest BCUT2D eigenvalue weighted by molar-refractivity contribution is 7.87. The number of carbonyl (C=O) groups is 1. The van der Waals surface area contributed by atoms with E-state index in [4.69, 9.17) is 10.8 Å². The summed E-state index contributed by atoms with van der Waals surface area (Å²) in [6.07, 6.45) is 0. The van der Waals surface area contributed by atoms with Crippen LogP contribution in [0.2, 0.25) is 0 Å². The maximum atomic E-state index is 11.1. The fraction of sp³-hybridized carbons (Fsp3) is 0.833. The number of methoxy groups -OCH3 is 1. The van der Waals surface area contributed by atoms with Crippen LogP contribution in [0, 0.1) is 0 Å². The number of hydrogen-bond donors (Lipinski definition) is 4. The van der Waals surface area contributed by atoms with Crippen molar-refractivity contribution in [1.29, 1.82) is 0 Å². The zero-order chi connectivity index (χ0) is 11.9. The van der Waals surface area contributed by atoms with E-state index in [1.807, 2.05) is 4.72 Å². The standard InChI is InChI=1S/C6H15N3O5S/c1-14-3-2-8-15(12,13)9-4-5(7)6(10)11/h5,8-9H,2-4,7H2,1H3,(H,10,11)/t5-/m0/s1. The smallest absolute Gasteiger partial charge is 0.321 e. The summed E-state index contributed by atoms with van der Waals surface area (Å²) in [6, 6.07) is -1.26. The van der Waals surface area contributed by atoms with Crippen LogP contribution in [0.15, 0.2) is 0 Å². The Morgan fingerprint density at radius 3 is 2.60 bits per heavy atom. The van der Waals surface area contributed by atoms with E-state index in [-0.39, 0.29) is 19.7 Å². The van der Waals surface area contributed by atoms with E-state index in [9.17, 15) is 13.2 Å². The van der Waals surface area contributed by atoms with Gasteiger partial charge in [-0.1, -0.05) is 0 Å². The third-order valence-corrected chi connectivity index (χ3v) is 2.54. The highest BCUT2D eigenvalue weighted by Crippen LogP contribution is 1.80. The Morgan fingerprint density at radius 2 is 2.13 bits per heavy atom. The minimum Gasteiger partial charge on any atom is -0.480 e. The lowest BCUT2D eigenvalue weighted by Crippen LogP contribution is -2.46. The molecule has 0 aromatic heterocycles. The van der Waals surface area contributed by atoms with Crippen molar-refractivity contribution in [2.24, 2.45) is 5.73 Å². The molecule has 0 aliphatic heterocycles. The highest BCUT2D eigenvalue weighted by atomic mass is 32.2. The zero-order valence-corrected chi connectivity index (χ0v) is 9.08. The Morgan fingerprint density at radius 1 is 1.53 bits per heavy atom. The molecule has 0 aliphatic carbocycles. The fourth-order valence-corrected chi connectivity index (χ4v) is 1.47. The highest BCUT2D eigenvalue weighted by Gasteiger charge is 2.15. The maximum Gasteiger partial charge on any atom is 0.321 e. The van der Waals surface area contributed by atoms with Crippen molar-refractivity contribution in [1.82, 2.24) is 9.44 Å². The van der Waals surface area contributed by atoms with Crippen molar-refractivity contribution >= 4 is 16.2 Å². The molecular weight excluding hydrogens is 226 g/mol. The molecule has 90 valence electrons. The molecule has 0 spiro atoms. The van der Waals surface area contributed by atoms with Crippen LogP contribution in [0.3, 0.4) is 0 Å².